The number of hydrogen-bond donors (Lipinski definition) is 2. The van der Waals surface area contributed by atoms with Crippen molar-refractivity contribution in [3.8, 4) is 0 Å². The van der Waals surface area contributed by atoms with E-state index in [0.717, 1.165) is 18.8 Å². The Morgan fingerprint density at radius 1 is 1.58 bits per heavy atom. The van der Waals surface area contributed by atoms with Crippen LogP contribution in [0.5, 0.6) is 0 Å². The van der Waals surface area contributed by atoms with Crippen LogP contribution in [0.4, 0.5) is 5.69 Å². The van der Waals surface area contributed by atoms with Gasteiger partial charge in [0.2, 0.25) is 0 Å². The van der Waals surface area contributed by atoms with Gasteiger partial charge in [-0.25, -0.2) is 4.79 Å². The van der Waals surface area contributed by atoms with Crippen LogP contribution in [0, 0.1) is 5.92 Å². The van der Waals surface area contributed by atoms with E-state index in [1.165, 1.54) is 19.4 Å². The second kappa shape index (κ2) is 6.26. The number of nitrogens with zero attached hydrogens (tertiary/aromatic N) is 1. The van der Waals surface area contributed by atoms with Crippen LogP contribution in [-0.4, -0.2) is 42.7 Å². The summed E-state index contributed by atoms with van der Waals surface area (Å²) in [4.78, 5) is 13.2. The summed E-state index contributed by atoms with van der Waals surface area (Å²) in [7, 11) is 2.14. The maximum atomic E-state index is 10.9. The summed E-state index contributed by atoms with van der Waals surface area (Å²) in [5, 5.41) is 12.5. The molecule has 1 heterocycles. The molecule has 19 heavy (non-hydrogen) atoms. The minimum absolute atomic E-state index is 0.143. The SMILES string of the molecule is CN1CCCC(CNc2ccc(C(=O)O)c(Cl)c2)C1. The van der Waals surface area contributed by atoms with Crippen molar-refractivity contribution >= 4 is 23.3 Å². The molecule has 2 rings (SSSR count). The third-order valence-electron chi connectivity index (χ3n) is 3.52. The van der Waals surface area contributed by atoms with Crippen molar-refractivity contribution in [2.75, 3.05) is 32.0 Å². The molecule has 1 atom stereocenters. The third-order valence-corrected chi connectivity index (χ3v) is 3.83. The van der Waals surface area contributed by atoms with Crippen LogP contribution in [0.3, 0.4) is 0 Å². The van der Waals surface area contributed by atoms with Crippen molar-refractivity contribution in [1.82, 2.24) is 4.90 Å². The molecule has 0 bridgehead atoms. The molecular weight excluding hydrogens is 264 g/mol. The smallest absolute Gasteiger partial charge is 0.337 e. The Kier molecular flexibility index (Phi) is 4.66. The molecule has 0 radical (unpaired) electrons. The van der Waals surface area contributed by atoms with E-state index < -0.39 is 5.97 Å². The zero-order valence-corrected chi connectivity index (χ0v) is 11.8. The summed E-state index contributed by atoms with van der Waals surface area (Å²) in [5.74, 6) is -0.359. The van der Waals surface area contributed by atoms with Crippen molar-refractivity contribution in [2.24, 2.45) is 5.92 Å². The topological polar surface area (TPSA) is 52.6 Å². The van der Waals surface area contributed by atoms with Crippen LogP contribution >= 0.6 is 11.6 Å². The molecule has 1 saturated heterocycles. The highest BCUT2D eigenvalue weighted by Gasteiger charge is 2.17. The van der Waals surface area contributed by atoms with E-state index in [1.54, 1.807) is 18.2 Å². The lowest BCUT2D eigenvalue weighted by atomic mass is 9.98. The van der Waals surface area contributed by atoms with Crippen LogP contribution in [0.1, 0.15) is 23.2 Å². The fourth-order valence-electron chi connectivity index (χ4n) is 2.50. The van der Waals surface area contributed by atoms with Gasteiger partial charge in [0.05, 0.1) is 10.6 Å². The highest BCUT2D eigenvalue weighted by molar-refractivity contribution is 6.33. The van der Waals surface area contributed by atoms with E-state index in [4.69, 9.17) is 16.7 Å². The van der Waals surface area contributed by atoms with Crippen molar-refractivity contribution in [2.45, 2.75) is 12.8 Å². The second-order valence-electron chi connectivity index (χ2n) is 5.15. The van der Waals surface area contributed by atoms with Gasteiger partial charge in [0.1, 0.15) is 0 Å². The molecule has 1 unspecified atom stereocenters. The number of hydrogen-bond acceptors (Lipinski definition) is 3. The fraction of sp³-hybridized carbons (Fsp3) is 0.500. The van der Waals surface area contributed by atoms with Crippen LogP contribution in [0.25, 0.3) is 0 Å². The van der Waals surface area contributed by atoms with E-state index in [1.807, 2.05) is 0 Å². The number of rotatable bonds is 4. The number of benzene rings is 1. The Morgan fingerprint density at radius 2 is 2.37 bits per heavy atom. The largest absolute Gasteiger partial charge is 0.478 e. The van der Waals surface area contributed by atoms with Crippen molar-refractivity contribution in [3.63, 3.8) is 0 Å². The highest BCUT2D eigenvalue weighted by atomic mass is 35.5. The number of nitrogens with one attached hydrogen (secondary N) is 1. The average molecular weight is 283 g/mol. The number of carbonyl (C=O) groups is 1. The van der Waals surface area contributed by atoms with Crippen LogP contribution in [-0.2, 0) is 0 Å². The molecule has 4 nitrogen and oxygen atoms in total. The molecule has 0 spiro atoms. The van der Waals surface area contributed by atoms with E-state index in [-0.39, 0.29) is 10.6 Å². The van der Waals surface area contributed by atoms with Crippen LogP contribution in [0.15, 0.2) is 18.2 Å². The zero-order chi connectivity index (χ0) is 13.8. The zero-order valence-electron chi connectivity index (χ0n) is 11.0. The maximum absolute atomic E-state index is 10.9. The Labute approximate surface area is 118 Å². The first-order valence-electron chi connectivity index (χ1n) is 6.51. The molecule has 2 N–H and O–H groups in total. The lowest BCUT2D eigenvalue weighted by molar-refractivity contribution is 0.0697. The molecular formula is C14H19ClN2O2. The Bertz CT molecular complexity index is 465. The number of carboxylic acids is 1. The summed E-state index contributed by atoms with van der Waals surface area (Å²) in [6.45, 7) is 3.18. The van der Waals surface area contributed by atoms with Gasteiger partial charge in [0.15, 0.2) is 0 Å². The first-order valence-corrected chi connectivity index (χ1v) is 6.89. The number of piperidine rings is 1. The van der Waals surface area contributed by atoms with Gasteiger partial charge in [0.25, 0.3) is 0 Å². The molecule has 5 heteroatoms. The molecule has 1 aromatic rings. The molecule has 0 amide bonds. The van der Waals surface area contributed by atoms with Crippen molar-refractivity contribution in [1.29, 1.82) is 0 Å². The lowest BCUT2D eigenvalue weighted by Gasteiger charge is -2.30. The van der Waals surface area contributed by atoms with Gasteiger partial charge in [-0.1, -0.05) is 11.6 Å². The van der Waals surface area contributed by atoms with Gasteiger partial charge in [-0.3, -0.25) is 0 Å². The lowest BCUT2D eigenvalue weighted by Crippen LogP contribution is -2.35. The summed E-state index contributed by atoms with van der Waals surface area (Å²) < 4.78 is 0. The minimum atomic E-state index is -0.995. The highest BCUT2D eigenvalue weighted by Crippen LogP contribution is 2.22. The molecule has 1 fully saturated rings. The van der Waals surface area contributed by atoms with Gasteiger partial charge < -0.3 is 15.3 Å². The van der Waals surface area contributed by atoms with Gasteiger partial charge in [-0.05, 0) is 50.6 Å². The van der Waals surface area contributed by atoms with Gasteiger partial charge in [-0.15, -0.1) is 0 Å². The van der Waals surface area contributed by atoms with E-state index in [0.29, 0.717) is 5.92 Å². The van der Waals surface area contributed by atoms with Gasteiger partial charge in [0, 0.05) is 18.8 Å². The molecule has 0 saturated carbocycles. The van der Waals surface area contributed by atoms with E-state index in [2.05, 4.69) is 17.3 Å². The van der Waals surface area contributed by atoms with E-state index >= 15 is 0 Å². The molecule has 1 aliphatic rings. The monoisotopic (exact) mass is 282 g/mol. The van der Waals surface area contributed by atoms with Crippen molar-refractivity contribution < 1.29 is 9.90 Å². The molecule has 0 aromatic heterocycles. The van der Waals surface area contributed by atoms with Gasteiger partial charge in [-0.2, -0.15) is 0 Å². The predicted molar refractivity (Wildman–Crippen MR) is 77.1 cm³/mol. The molecule has 104 valence electrons. The minimum Gasteiger partial charge on any atom is -0.478 e. The number of anilines is 1. The third kappa shape index (κ3) is 3.85. The summed E-state index contributed by atoms with van der Waals surface area (Å²) >= 11 is 5.94. The Balaban J connectivity index is 1.92. The predicted octanol–water partition coefficient (Wildman–Crippen LogP) is 2.79. The first-order chi connectivity index (χ1) is 9.06. The summed E-state index contributed by atoms with van der Waals surface area (Å²) in [6.07, 6.45) is 2.47. The standard InChI is InChI=1S/C14H19ClN2O2/c1-17-6-2-3-10(9-17)8-16-11-4-5-12(14(18)19)13(15)7-11/h4-5,7,10,16H,2-3,6,8-9H2,1H3,(H,18,19). The number of halogens is 1. The number of likely N-dealkylation sites (tertiary alicyclic amines) is 1. The van der Waals surface area contributed by atoms with Crippen LogP contribution < -0.4 is 5.32 Å². The molecule has 0 aliphatic carbocycles. The Morgan fingerprint density at radius 3 is 3.00 bits per heavy atom. The summed E-state index contributed by atoms with van der Waals surface area (Å²) in [6, 6.07) is 4.99. The fourth-order valence-corrected chi connectivity index (χ4v) is 2.76. The number of aromatic carboxylic acids is 1. The van der Waals surface area contributed by atoms with Gasteiger partial charge >= 0.3 is 5.97 Å². The maximum Gasteiger partial charge on any atom is 0.337 e. The van der Waals surface area contributed by atoms with Crippen LogP contribution in [0.2, 0.25) is 5.02 Å². The van der Waals surface area contributed by atoms with E-state index in [9.17, 15) is 4.79 Å². The molecule has 1 aromatic carbocycles. The summed E-state index contributed by atoms with van der Waals surface area (Å²) in [5.41, 5.74) is 1.02. The Hall–Kier alpha value is -1.26. The first kappa shape index (κ1) is 14.2. The number of carboxylic acid groups (broad SMARTS) is 1. The quantitative estimate of drug-likeness (QED) is 0.892. The van der Waals surface area contributed by atoms with Crippen molar-refractivity contribution in [3.05, 3.63) is 28.8 Å². The normalized spacial score (nSPS) is 20.2. The molecule has 1 aliphatic heterocycles. The average Bonchev–Trinajstić information content (AvgIpc) is 2.36. The second-order valence-corrected chi connectivity index (χ2v) is 5.56.